The van der Waals surface area contributed by atoms with Gasteiger partial charge >= 0.3 is 6.18 Å². The van der Waals surface area contributed by atoms with Gasteiger partial charge in [-0.05, 0) is 24.3 Å². The van der Waals surface area contributed by atoms with Crippen LogP contribution in [0.3, 0.4) is 0 Å². The molecule has 0 bridgehead atoms. The molecule has 2 N–H and O–H groups in total. The van der Waals surface area contributed by atoms with Crippen LogP contribution in [0.5, 0.6) is 0 Å². The van der Waals surface area contributed by atoms with E-state index in [1.807, 2.05) is 0 Å². The molecule has 0 saturated carbocycles. The van der Waals surface area contributed by atoms with Gasteiger partial charge in [0.1, 0.15) is 0 Å². The van der Waals surface area contributed by atoms with Crippen molar-refractivity contribution in [1.29, 1.82) is 0 Å². The summed E-state index contributed by atoms with van der Waals surface area (Å²) in [4.78, 5) is -0.766. The number of alkyl halides is 3. The van der Waals surface area contributed by atoms with Crippen LogP contribution in [-0.4, -0.2) is 38.2 Å². The van der Waals surface area contributed by atoms with Crippen LogP contribution < -0.4 is 4.72 Å². The first-order valence-corrected chi connectivity index (χ1v) is 8.77. The number of hydrogen-bond acceptors (Lipinski definition) is 4. The fraction of sp³-hybridized carbons (Fsp3) is 0.500. The lowest BCUT2D eigenvalue weighted by Crippen LogP contribution is -2.28. The molecule has 4 nitrogen and oxygen atoms in total. The molecule has 120 valence electrons. The minimum atomic E-state index is -4.72. The van der Waals surface area contributed by atoms with Crippen molar-refractivity contribution >= 4 is 21.8 Å². The zero-order valence-electron chi connectivity index (χ0n) is 11.1. The molecule has 21 heavy (non-hydrogen) atoms. The average molecular weight is 343 g/mol. The highest BCUT2D eigenvalue weighted by atomic mass is 32.2. The maximum atomic E-state index is 12.8. The third-order valence-corrected chi connectivity index (χ3v) is 5.06. The summed E-state index contributed by atoms with van der Waals surface area (Å²) >= 11 is 1.41. The minimum Gasteiger partial charge on any atom is -0.396 e. The summed E-state index contributed by atoms with van der Waals surface area (Å²) in [5.41, 5.74) is -1.18. The van der Waals surface area contributed by atoms with E-state index < -0.39 is 26.7 Å². The van der Waals surface area contributed by atoms with Crippen LogP contribution >= 0.6 is 11.8 Å². The molecule has 0 saturated heterocycles. The van der Waals surface area contributed by atoms with Gasteiger partial charge in [-0.3, -0.25) is 0 Å². The zero-order valence-corrected chi connectivity index (χ0v) is 12.7. The fourth-order valence-corrected chi connectivity index (χ4v) is 3.70. The van der Waals surface area contributed by atoms with Crippen molar-refractivity contribution in [2.24, 2.45) is 0 Å². The minimum absolute atomic E-state index is 0.0324. The van der Waals surface area contributed by atoms with Gasteiger partial charge in [0.05, 0.1) is 10.5 Å². The van der Waals surface area contributed by atoms with Crippen molar-refractivity contribution in [2.45, 2.75) is 17.5 Å². The Hall–Kier alpha value is -0.770. The van der Waals surface area contributed by atoms with Crippen molar-refractivity contribution in [1.82, 2.24) is 4.72 Å². The first-order chi connectivity index (χ1) is 9.79. The first kappa shape index (κ1) is 18.3. The molecule has 0 spiro atoms. The van der Waals surface area contributed by atoms with E-state index in [0.29, 0.717) is 17.9 Å². The third kappa shape index (κ3) is 5.85. The van der Waals surface area contributed by atoms with Gasteiger partial charge in [-0.15, -0.1) is 0 Å². The SMILES string of the molecule is O=S(=O)(NCCSCCCO)c1ccccc1C(F)(F)F. The van der Waals surface area contributed by atoms with Crippen molar-refractivity contribution in [3.63, 3.8) is 0 Å². The molecule has 0 radical (unpaired) electrons. The quantitative estimate of drug-likeness (QED) is 0.710. The van der Waals surface area contributed by atoms with Crippen LogP contribution in [0.4, 0.5) is 13.2 Å². The second-order valence-electron chi connectivity index (χ2n) is 4.08. The van der Waals surface area contributed by atoms with Crippen molar-refractivity contribution in [3.05, 3.63) is 29.8 Å². The lowest BCUT2D eigenvalue weighted by atomic mass is 10.2. The smallest absolute Gasteiger partial charge is 0.396 e. The Balaban J connectivity index is 2.71. The van der Waals surface area contributed by atoms with Crippen LogP contribution in [0, 0.1) is 0 Å². The summed E-state index contributed by atoms with van der Waals surface area (Å²) in [5, 5.41) is 8.58. The number of thioether (sulfide) groups is 1. The van der Waals surface area contributed by atoms with Gasteiger partial charge in [0.25, 0.3) is 0 Å². The van der Waals surface area contributed by atoms with Gasteiger partial charge in [0, 0.05) is 18.9 Å². The Labute approximate surface area is 125 Å². The van der Waals surface area contributed by atoms with Gasteiger partial charge in [0.2, 0.25) is 10.0 Å². The second-order valence-corrected chi connectivity index (χ2v) is 7.04. The zero-order chi connectivity index (χ0) is 15.9. The Morgan fingerprint density at radius 1 is 1.19 bits per heavy atom. The number of benzene rings is 1. The fourth-order valence-electron chi connectivity index (χ4n) is 1.53. The van der Waals surface area contributed by atoms with Crippen LogP contribution in [0.15, 0.2) is 29.2 Å². The van der Waals surface area contributed by atoms with Gasteiger partial charge in [0.15, 0.2) is 0 Å². The number of aliphatic hydroxyl groups is 1. The van der Waals surface area contributed by atoms with E-state index >= 15 is 0 Å². The number of hydrogen-bond donors (Lipinski definition) is 2. The summed E-state index contributed by atoms with van der Waals surface area (Å²) < 4.78 is 64.4. The molecule has 9 heteroatoms. The molecule has 1 rings (SSSR count). The molecule has 0 aliphatic carbocycles. The topological polar surface area (TPSA) is 66.4 Å². The normalized spacial score (nSPS) is 12.6. The predicted molar refractivity (Wildman–Crippen MR) is 75.7 cm³/mol. The predicted octanol–water partition coefficient (Wildman–Crippen LogP) is 2.10. The Bertz CT molecular complexity index is 547. The van der Waals surface area contributed by atoms with Gasteiger partial charge in [-0.2, -0.15) is 24.9 Å². The van der Waals surface area contributed by atoms with E-state index in [-0.39, 0.29) is 13.2 Å². The molecule has 0 heterocycles. The molecule has 0 fully saturated rings. The number of sulfonamides is 1. The molecule has 0 amide bonds. The Kier molecular flexibility index (Phi) is 6.98. The Morgan fingerprint density at radius 2 is 1.86 bits per heavy atom. The van der Waals surface area contributed by atoms with E-state index in [4.69, 9.17) is 5.11 Å². The Morgan fingerprint density at radius 3 is 2.48 bits per heavy atom. The molecule has 0 aliphatic heterocycles. The molecule has 0 aliphatic rings. The molecular weight excluding hydrogens is 327 g/mol. The summed E-state index contributed by atoms with van der Waals surface area (Å²) in [5.74, 6) is 1.09. The first-order valence-electron chi connectivity index (χ1n) is 6.13. The van der Waals surface area contributed by atoms with Crippen molar-refractivity contribution in [3.8, 4) is 0 Å². The monoisotopic (exact) mass is 343 g/mol. The van der Waals surface area contributed by atoms with Crippen molar-refractivity contribution in [2.75, 3.05) is 24.7 Å². The molecule has 0 atom stereocenters. The summed E-state index contributed by atoms with van der Waals surface area (Å²) in [6.45, 7) is 0.0856. The summed E-state index contributed by atoms with van der Waals surface area (Å²) in [6.07, 6.45) is -4.13. The molecular formula is C12H16F3NO3S2. The van der Waals surface area contributed by atoms with E-state index in [9.17, 15) is 21.6 Å². The maximum Gasteiger partial charge on any atom is 0.417 e. The lowest BCUT2D eigenvalue weighted by molar-refractivity contribution is -0.139. The highest BCUT2D eigenvalue weighted by Gasteiger charge is 2.36. The van der Waals surface area contributed by atoms with Crippen LogP contribution in [0.1, 0.15) is 12.0 Å². The van der Waals surface area contributed by atoms with E-state index in [1.165, 1.54) is 17.8 Å². The van der Waals surface area contributed by atoms with E-state index in [1.54, 1.807) is 0 Å². The lowest BCUT2D eigenvalue weighted by Gasteiger charge is -2.13. The number of nitrogens with one attached hydrogen (secondary N) is 1. The van der Waals surface area contributed by atoms with Crippen LogP contribution in [0.2, 0.25) is 0 Å². The van der Waals surface area contributed by atoms with Gasteiger partial charge in [-0.1, -0.05) is 12.1 Å². The average Bonchev–Trinajstić information content (AvgIpc) is 2.42. The van der Waals surface area contributed by atoms with Crippen molar-refractivity contribution < 1.29 is 26.7 Å². The molecule has 1 aromatic rings. The number of aliphatic hydroxyl groups excluding tert-OH is 1. The number of halogens is 3. The van der Waals surface area contributed by atoms with Gasteiger partial charge < -0.3 is 5.11 Å². The van der Waals surface area contributed by atoms with Gasteiger partial charge in [-0.25, -0.2) is 13.1 Å². The molecule has 0 aromatic heterocycles. The van der Waals surface area contributed by atoms with Crippen LogP contribution in [0.25, 0.3) is 0 Å². The maximum absolute atomic E-state index is 12.8. The van der Waals surface area contributed by atoms with E-state index in [0.717, 1.165) is 18.2 Å². The standard InChI is InChI=1S/C12H16F3NO3S2/c13-12(14,15)10-4-1-2-5-11(10)21(18,19)16-6-9-20-8-3-7-17/h1-2,4-5,16-17H,3,6-9H2. The second kappa shape index (κ2) is 8.02. The highest BCUT2D eigenvalue weighted by Crippen LogP contribution is 2.33. The van der Waals surface area contributed by atoms with Crippen LogP contribution in [-0.2, 0) is 16.2 Å². The largest absolute Gasteiger partial charge is 0.417 e. The number of rotatable bonds is 8. The molecule has 1 aromatic carbocycles. The summed E-state index contributed by atoms with van der Waals surface area (Å²) in [7, 11) is -4.20. The highest BCUT2D eigenvalue weighted by molar-refractivity contribution is 7.99. The third-order valence-electron chi connectivity index (χ3n) is 2.47. The summed E-state index contributed by atoms with van der Waals surface area (Å²) in [6, 6.07) is 4.07. The molecule has 0 unspecified atom stereocenters. The van der Waals surface area contributed by atoms with E-state index in [2.05, 4.69) is 4.72 Å².